The van der Waals surface area contributed by atoms with Gasteiger partial charge in [-0.25, -0.2) is 4.98 Å². The first-order chi connectivity index (χ1) is 11.1. The zero-order valence-corrected chi connectivity index (χ0v) is 14.4. The van der Waals surface area contributed by atoms with E-state index in [1.165, 1.54) is 17.3 Å². The number of thioether (sulfide) groups is 1. The van der Waals surface area contributed by atoms with Crippen LogP contribution in [0.1, 0.15) is 5.56 Å². The lowest BCUT2D eigenvalue weighted by Crippen LogP contribution is -2.47. The van der Waals surface area contributed by atoms with Crippen molar-refractivity contribution in [2.75, 3.05) is 39.0 Å². The lowest BCUT2D eigenvalue weighted by atomic mass is 10.2. The molecule has 0 atom stereocenters. The molecule has 1 aromatic heterocycles. The van der Waals surface area contributed by atoms with Crippen molar-refractivity contribution in [2.45, 2.75) is 12.1 Å². The molecule has 1 aliphatic heterocycles. The molecule has 122 valence electrons. The SMILES string of the molecule is Cc1ccccc1-n1ccnc1SCC(=O)N1CCN(C)CC1. The van der Waals surface area contributed by atoms with Gasteiger partial charge in [-0.2, -0.15) is 0 Å². The van der Waals surface area contributed by atoms with Crippen molar-refractivity contribution in [3.63, 3.8) is 0 Å². The molecular weight excluding hydrogens is 308 g/mol. The van der Waals surface area contributed by atoms with Gasteiger partial charge in [-0.05, 0) is 25.6 Å². The minimum atomic E-state index is 0.197. The summed E-state index contributed by atoms with van der Waals surface area (Å²) in [6.45, 7) is 5.63. The predicted molar refractivity (Wildman–Crippen MR) is 93.1 cm³/mol. The summed E-state index contributed by atoms with van der Waals surface area (Å²) in [6, 6.07) is 8.20. The minimum Gasteiger partial charge on any atom is -0.339 e. The number of carbonyl (C=O) groups is 1. The zero-order valence-electron chi connectivity index (χ0n) is 13.6. The van der Waals surface area contributed by atoms with Crippen LogP contribution in [0.15, 0.2) is 41.8 Å². The van der Waals surface area contributed by atoms with Crippen LogP contribution in [0.3, 0.4) is 0 Å². The zero-order chi connectivity index (χ0) is 16.2. The van der Waals surface area contributed by atoms with Crippen molar-refractivity contribution in [3.05, 3.63) is 42.2 Å². The summed E-state index contributed by atoms with van der Waals surface area (Å²) < 4.78 is 2.05. The predicted octanol–water partition coefficient (Wildman–Crippen LogP) is 2.05. The van der Waals surface area contributed by atoms with E-state index in [4.69, 9.17) is 0 Å². The number of carbonyl (C=O) groups excluding carboxylic acids is 1. The Morgan fingerprint density at radius 3 is 2.70 bits per heavy atom. The maximum Gasteiger partial charge on any atom is 0.233 e. The molecule has 1 fully saturated rings. The van der Waals surface area contributed by atoms with Gasteiger partial charge in [0.05, 0.1) is 11.4 Å². The van der Waals surface area contributed by atoms with Crippen molar-refractivity contribution in [3.8, 4) is 5.69 Å². The van der Waals surface area contributed by atoms with Gasteiger partial charge in [-0.1, -0.05) is 30.0 Å². The van der Waals surface area contributed by atoms with Crippen LogP contribution in [0, 0.1) is 6.92 Å². The van der Waals surface area contributed by atoms with Gasteiger partial charge in [-0.15, -0.1) is 0 Å². The summed E-state index contributed by atoms with van der Waals surface area (Å²) in [5, 5.41) is 0.863. The molecule has 2 aromatic rings. The lowest BCUT2D eigenvalue weighted by Gasteiger charge is -2.32. The Kier molecular flexibility index (Phi) is 5.03. The number of hydrogen-bond acceptors (Lipinski definition) is 4. The van der Waals surface area contributed by atoms with Crippen LogP contribution in [-0.2, 0) is 4.79 Å². The van der Waals surface area contributed by atoms with Gasteiger partial charge >= 0.3 is 0 Å². The summed E-state index contributed by atoms with van der Waals surface area (Å²) in [6.07, 6.45) is 3.74. The molecular formula is C17H22N4OS. The molecule has 6 heteroatoms. The van der Waals surface area contributed by atoms with E-state index in [1.807, 2.05) is 23.2 Å². The van der Waals surface area contributed by atoms with Gasteiger partial charge in [0.1, 0.15) is 0 Å². The number of rotatable bonds is 4. The summed E-state index contributed by atoms with van der Waals surface area (Å²) in [4.78, 5) is 21.0. The normalized spacial score (nSPS) is 15.8. The number of piperazine rings is 1. The fourth-order valence-corrected chi connectivity index (χ4v) is 3.56. The van der Waals surface area contributed by atoms with Gasteiger partial charge in [0.15, 0.2) is 5.16 Å². The maximum absolute atomic E-state index is 12.4. The van der Waals surface area contributed by atoms with E-state index in [2.05, 4.69) is 40.6 Å². The topological polar surface area (TPSA) is 41.4 Å². The summed E-state index contributed by atoms with van der Waals surface area (Å²) in [7, 11) is 2.09. The van der Waals surface area contributed by atoms with Crippen molar-refractivity contribution >= 4 is 17.7 Å². The second kappa shape index (κ2) is 7.19. The number of para-hydroxylation sites is 1. The molecule has 0 bridgehead atoms. The fourth-order valence-electron chi connectivity index (χ4n) is 2.69. The maximum atomic E-state index is 12.4. The number of nitrogens with zero attached hydrogens (tertiary/aromatic N) is 4. The van der Waals surface area contributed by atoms with Crippen molar-refractivity contribution in [1.29, 1.82) is 0 Å². The third kappa shape index (κ3) is 3.76. The average molecular weight is 330 g/mol. The average Bonchev–Trinajstić information content (AvgIpc) is 3.02. The Bertz CT molecular complexity index is 677. The highest BCUT2D eigenvalue weighted by atomic mass is 32.2. The van der Waals surface area contributed by atoms with E-state index in [0.717, 1.165) is 37.0 Å². The minimum absolute atomic E-state index is 0.197. The van der Waals surface area contributed by atoms with Crippen LogP contribution < -0.4 is 0 Å². The standard InChI is InChI=1S/C17H22N4OS/c1-14-5-3-4-6-15(14)21-8-7-18-17(21)23-13-16(22)20-11-9-19(2)10-12-20/h3-8H,9-13H2,1-2H3. The quantitative estimate of drug-likeness (QED) is 0.805. The number of imidazole rings is 1. The number of aromatic nitrogens is 2. The van der Waals surface area contributed by atoms with E-state index in [-0.39, 0.29) is 5.91 Å². The Balaban J connectivity index is 1.65. The smallest absolute Gasteiger partial charge is 0.233 e. The third-order valence-electron chi connectivity index (χ3n) is 4.16. The van der Waals surface area contributed by atoms with Crippen LogP contribution in [0.5, 0.6) is 0 Å². The van der Waals surface area contributed by atoms with Gasteiger partial charge in [0.2, 0.25) is 5.91 Å². The van der Waals surface area contributed by atoms with E-state index in [0.29, 0.717) is 5.75 Å². The molecule has 0 spiro atoms. The molecule has 5 nitrogen and oxygen atoms in total. The molecule has 0 N–H and O–H groups in total. The largest absolute Gasteiger partial charge is 0.339 e. The first kappa shape index (κ1) is 16.1. The molecule has 0 saturated carbocycles. The molecule has 0 aliphatic carbocycles. The highest BCUT2D eigenvalue weighted by molar-refractivity contribution is 7.99. The fraction of sp³-hybridized carbons (Fsp3) is 0.412. The first-order valence-electron chi connectivity index (χ1n) is 7.83. The molecule has 1 aromatic carbocycles. The van der Waals surface area contributed by atoms with Gasteiger partial charge < -0.3 is 9.80 Å². The van der Waals surface area contributed by atoms with Crippen molar-refractivity contribution in [2.24, 2.45) is 0 Å². The number of aryl methyl sites for hydroxylation is 1. The van der Waals surface area contributed by atoms with Crippen LogP contribution >= 0.6 is 11.8 Å². The third-order valence-corrected chi connectivity index (χ3v) is 5.11. The number of hydrogen-bond donors (Lipinski definition) is 0. The lowest BCUT2D eigenvalue weighted by molar-refractivity contribution is -0.129. The number of benzene rings is 1. The van der Waals surface area contributed by atoms with E-state index in [1.54, 1.807) is 6.20 Å². The molecule has 1 saturated heterocycles. The Hall–Kier alpha value is -1.79. The van der Waals surface area contributed by atoms with Crippen LogP contribution in [-0.4, -0.2) is 64.2 Å². The summed E-state index contributed by atoms with van der Waals surface area (Å²) in [5.74, 6) is 0.634. The molecule has 0 unspecified atom stereocenters. The Morgan fingerprint density at radius 2 is 1.96 bits per heavy atom. The van der Waals surface area contributed by atoms with Crippen molar-refractivity contribution in [1.82, 2.24) is 19.4 Å². The van der Waals surface area contributed by atoms with E-state index < -0.39 is 0 Å². The molecule has 1 aliphatic rings. The second-order valence-corrected chi connectivity index (χ2v) is 6.78. The molecule has 2 heterocycles. The van der Waals surface area contributed by atoms with E-state index >= 15 is 0 Å². The molecule has 1 amide bonds. The van der Waals surface area contributed by atoms with Gasteiger partial charge in [0, 0.05) is 38.6 Å². The molecule has 23 heavy (non-hydrogen) atoms. The number of likely N-dealkylation sites (N-methyl/N-ethyl adjacent to an activating group) is 1. The number of amides is 1. The summed E-state index contributed by atoms with van der Waals surface area (Å²) >= 11 is 1.51. The summed E-state index contributed by atoms with van der Waals surface area (Å²) in [5.41, 5.74) is 2.30. The second-order valence-electron chi connectivity index (χ2n) is 5.84. The van der Waals surface area contributed by atoms with Crippen LogP contribution in [0.4, 0.5) is 0 Å². The Labute approximate surface area is 141 Å². The highest BCUT2D eigenvalue weighted by Gasteiger charge is 2.19. The molecule has 3 rings (SSSR count). The molecule has 0 radical (unpaired) electrons. The van der Waals surface area contributed by atoms with Gasteiger partial charge in [0.25, 0.3) is 0 Å². The first-order valence-corrected chi connectivity index (χ1v) is 8.82. The highest BCUT2D eigenvalue weighted by Crippen LogP contribution is 2.23. The van der Waals surface area contributed by atoms with Crippen LogP contribution in [0.2, 0.25) is 0 Å². The Morgan fingerprint density at radius 1 is 1.22 bits per heavy atom. The van der Waals surface area contributed by atoms with Gasteiger partial charge in [-0.3, -0.25) is 9.36 Å². The van der Waals surface area contributed by atoms with Crippen LogP contribution in [0.25, 0.3) is 5.69 Å². The van der Waals surface area contributed by atoms with Crippen molar-refractivity contribution < 1.29 is 4.79 Å². The monoisotopic (exact) mass is 330 g/mol. The van der Waals surface area contributed by atoms with E-state index in [9.17, 15) is 4.79 Å².